The second kappa shape index (κ2) is 8.97. The van der Waals surface area contributed by atoms with Crippen LogP contribution >= 0.6 is 0 Å². The van der Waals surface area contributed by atoms with Gasteiger partial charge >= 0.3 is 191 Å². The standard InChI is InChI=1S/2C12H14NO.2CH3.Sn/c2*1-9(2)11-8-14-12(13-11)10-6-4-3-5-7-10;;;/h2*4-7,9,11H,8H2,1-2H3;2*1H3;/t2*11-;;;/m11.../s1. The predicted octanol–water partition coefficient (Wildman–Crippen LogP) is 4.11. The van der Waals surface area contributed by atoms with Gasteiger partial charge in [0.05, 0.1) is 0 Å². The van der Waals surface area contributed by atoms with Crippen molar-refractivity contribution in [1.29, 1.82) is 0 Å². The summed E-state index contributed by atoms with van der Waals surface area (Å²) in [6.07, 6.45) is 0. The molecule has 0 aromatic heterocycles. The number of rotatable bonds is 6. The number of nitrogens with zero attached hydrogens (tertiary/aromatic N) is 2. The van der Waals surface area contributed by atoms with Crippen molar-refractivity contribution in [1.82, 2.24) is 0 Å². The van der Waals surface area contributed by atoms with Crippen LogP contribution in [0, 0.1) is 11.8 Å². The van der Waals surface area contributed by atoms with Crippen molar-refractivity contribution in [2.24, 2.45) is 21.8 Å². The fraction of sp³-hybridized carbons (Fsp3) is 0.462. The van der Waals surface area contributed by atoms with Gasteiger partial charge in [-0.2, -0.15) is 0 Å². The zero-order chi connectivity index (χ0) is 22.2. The van der Waals surface area contributed by atoms with E-state index in [-0.39, 0.29) is 12.1 Å². The molecule has 0 aliphatic carbocycles. The first-order chi connectivity index (χ1) is 14.8. The van der Waals surface area contributed by atoms with Gasteiger partial charge < -0.3 is 0 Å². The molecule has 0 fully saturated rings. The second-order valence-electron chi connectivity index (χ2n) is 9.89. The third-order valence-corrected chi connectivity index (χ3v) is 16.7. The van der Waals surface area contributed by atoms with E-state index in [1.165, 1.54) is 7.16 Å². The van der Waals surface area contributed by atoms with Crippen LogP contribution in [0.4, 0.5) is 0 Å². The Morgan fingerprint density at radius 3 is 1.32 bits per heavy atom. The summed E-state index contributed by atoms with van der Waals surface area (Å²) in [6.45, 7) is 10.2. The molecule has 2 heterocycles. The molecule has 0 saturated heterocycles. The summed E-state index contributed by atoms with van der Waals surface area (Å²) < 4.78 is 14.6. The second-order valence-corrected chi connectivity index (χ2v) is 22.5. The topological polar surface area (TPSA) is 43.2 Å². The average molecular weight is 525 g/mol. The molecule has 0 unspecified atom stereocenters. The molecule has 2 atom stereocenters. The van der Waals surface area contributed by atoms with E-state index < -0.39 is 18.4 Å². The Morgan fingerprint density at radius 1 is 0.677 bits per heavy atom. The normalized spacial score (nSPS) is 21.2. The van der Waals surface area contributed by atoms with Gasteiger partial charge in [-0.05, 0) is 0 Å². The molecule has 164 valence electrons. The minimum atomic E-state index is -2.67. The van der Waals surface area contributed by atoms with Crippen molar-refractivity contribution >= 4 is 37.3 Å². The third kappa shape index (κ3) is 4.69. The van der Waals surface area contributed by atoms with E-state index >= 15 is 0 Å². The van der Waals surface area contributed by atoms with E-state index in [9.17, 15) is 0 Å². The first-order valence-corrected chi connectivity index (χ1v) is 19.9. The molecular formula is C26H34N2O2Sn. The van der Waals surface area contributed by atoms with Crippen LogP contribution in [0.15, 0.2) is 58.5 Å². The predicted molar refractivity (Wildman–Crippen MR) is 132 cm³/mol. The Balaban J connectivity index is 1.51. The molecule has 5 heteroatoms. The number of hydrogen-bond acceptors (Lipinski definition) is 4. The van der Waals surface area contributed by atoms with Crippen molar-refractivity contribution in [3.05, 3.63) is 59.7 Å². The first-order valence-electron chi connectivity index (χ1n) is 11.4. The van der Waals surface area contributed by atoms with Crippen LogP contribution in [-0.4, -0.2) is 55.5 Å². The molecule has 31 heavy (non-hydrogen) atoms. The quantitative estimate of drug-likeness (QED) is 0.534. The zero-order valence-corrected chi connectivity index (χ0v) is 22.4. The average Bonchev–Trinajstić information content (AvgIpc) is 3.44. The molecule has 0 amide bonds. The number of benzene rings is 2. The number of hydrogen-bond donors (Lipinski definition) is 0. The summed E-state index contributed by atoms with van der Waals surface area (Å²) in [5.41, 5.74) is 2.17. The Labute approximate surface area is 190 Å². The van der Waals surface area contributed by atoms with Gasteiger partial charge in [0, 0.05) is 0 Å². The summed E-state index contributed by atoms with van der Waals surface area (Å²) in [5.74, 6) is 2.60. The summed E-state index contributed by atoms with van der Waals surface area (Å²) in [5, 5.41) is 0. The van der Waals surface area contributed by atoms with E-state index in [1.54, 1.807) is 0 Å². The molecule has 0 spiro atoms. The fourth-order valence-electron chi connectivity index (χ4n) is 4.00. The van der Waals surface area contributed by atoms with E-state index in [2.05, 4.69) is 86.1 Å². The van der Waals surface area contributed by atoms with Gasteiger partial charge in [0.2, 0.25) is 0 Å². The maximum absolute atomic E-state index is 5.85. The first kappa shape index (κ1) is 22.4. The molecule has 0 radical (unpaired) electrons. The molecule has 0 bridgehead atoms. The number of ether oxygens (including phenoxy) is 2. The number of aliphatic imine (C=N–C) groups is 2. The monoisotopic (exact) mass is 526 g/mol. The van der Waals surface area contributed by atoms with Gasteiger partial charge in [-0.15, -0.1) is 0 Å². The van der Waals surface area contributed by atoms with Gasteiger partial charge in [0.15, 0.2) is 0 Å². The molecule has 2 aliphatic heterocycles. The molecule has 4 rings (SSSR count). The zero-order valence-electron chi connectivity index (χ0n) is 19.6. The molecule has 0 N–H and O–H groups in total. The summed E-state index contributed by atoms with van der Waals surface area (Å²) in [7, 11) is 0. The van der Waals surface area contributed by atoms with E-state index in [0.29, 0.717) is 25.0 Å². The Bertz CT molecular complexity index is 896. The van der Waals surface area contributed by atoms with Crippen LogP contribution in [0.1, 0.15) is 38.8 Å². The van der Waals surface area contributed by atoms with Gasteiger partial charge in [-0.3, -0.25) is 0 Å². The van der Waals surface area contributed by atoms with Crippen molar-refractivity contribution < 1.29 is 9.47 Å². The molecular weight excluding hydrogens is 491 g/mol. The van der Waals surface area contributed by atoms with E-state index in [0.717, 1.165) is 22.9 Å². The minimum absolute atomic E-state index is 0.271. The van der Waals surface area contributed by atoms with Crippen LogP contribution in [0.5, 0.6) is 0 Å². The van der Waals surface area contributed by atoms with Crippen LogP contribution in [0.25, 0.3) is 0 Å². The summed E-state index contributed by atoms with van der Waals surface area (Å²) in [4.78, 5) is 14.5. The Morgan fingerprint density at radius 2 is 1.03 bits per heavy atom. The Hall–Kier alpha value is -1.82. The van der Waals surface area contributed by atoms with Crippen molar-refractivity contribution in [2.75, 3.05) is 13.2 Å². The van der Waals surface area contributed by atoms with Crippen molar-refractivity contribution in [2.45, 2.75) is 49.7 Å². The van der Waals surface area contributed by atoms with E-state index in [1.807, 2.05) is 0 Å². The molecule has 2 aliphatic rings. The SMILES string of the molecule is CC(C)[C@H]1COC(c2cc[c]([Sn]([CH3])([CH3])[c]3ccc(C4=N[C@@H](C(C)C)CO4)cc3)cc2)=N1. The molecule has 2 aromatic rings. The molecule has 4 nitrogen and oxygen atoms in total. The summed E-state index contributed by atoms with van der Waals surface area (Å²) >= 11 is -2.67. The van der Waals surface area contributed by atoms with E-state index in [4.69, 9.17) is 19.5 Å². The Kier molecular flexibility index (Phi) is 6.47. The van der Waals surface area contributed by atoms with Gasteiger partial charge in [-0.25, -0.2) is 0 Å². The molecule has 2 aromatic carbocycles. The fourth-order valence-corrected chi connectivity index (χ4v) is 10.7. The third-order valence-electron chi connectivity index (χ3n) is 6.59. The van der Waals surface area contributed by atoms with Gasteiger partial charge in [0.25, 0.3) is 0 Å². The van der Waals surface area contributed by atoms with Crippen LogP contribution in [-0.2, 0) is 9.47 Å². The van der Waals surface area contributed by atoms with Crippen molar-refractivity contribution in [3.63, 3.8) is 0 Å². The summed E-state index contributed by atoms with van der Waals surface area (Å²) in [6, 6.07) is 18.4. The van der Waals surface area contributed by atoms with Crippen LogP contribution < -0.4 is 7.16 Å². The maximum atomic E-state index is 5.85. The molecule has 0 saturated carbocycles. The van der Waals surface area contributed by atoms with Crippen LogP contribution in [0.2, 0.25) is 9.88 Å². The van der Waals surface area contributed by atoms with Crippen molar-refractivity contribution in [3.8, 4) is 0 Å². The van der Waals surface area contributed by atoms with Gasteiger partial charge in [-0.1, -0.05) is 0 Å². The van der Waals surface area contributed by atoms with Crippen LogP contribution in [0.3, 0.4) is 0 Å². The van der Waals surface area contributed by atoms with Gasteiger partial charge in [0.1, 0.15) is 0 Å².